The molecule has 1 unspecified atom stereocenters. The highest BCUT2D eigenvalue weighted by Gasteiger charge is 2.51. The number of rotatable bonds is 1. The van der Waals surface area contributed by atoms with Gasteiger partial charge in [-0.05, 0) is 56.8 Å². The van der Waals surface area contributed by atoms with Crippen LogP contribution in [0.15, 0.2) is 66.7 Å². The molecule has 3 aromatic carbocycles. The molecule has 0 radical (unpaired) electrons. The molecule has 0 saturated heterocycles. The third kappa shape index (κ3) is 2.33. The molecule has 1 aliphatic carbocycles. The molecule has 2 nitrogen and oxygen atoms in total. The van der Waals surface area contributed by atoms with E-state index in [1.54, 1.807) is 0 Å². The van der Waals surface area contributed by atoms with E-state index in [-0.39, 0.29) is 23.4 Å². The summed E-state index contributed by atoms with van der Waals surface area (Å²) in [4.78, 5) is 25.5. The molecule has 0 heterocycles. The summed E-state index contributed by atoms with van der Waals surface area (Å²) >= 11 is 0. The van der Waals surface area contributed by atoms with E-state index in [4.69, 9.17) is 0 Å². The smallest absolute Gasteiger partial charge is 0.167 e. The Bertz CT molecular complexity index is 1080. The summed E-state index contributed by atoms with van der Waals surface area (Å²) in [7, 11) is 0. The number of fused-ring (bicyclic) bond motifs is 2. The Morgan fingerprint density at radius 1 is 0.808 bits per heavy atom. The normalized spacial score (nSPS) is 20.9. The zero-order valence-corrected chi connectivity index (χ0v) is 15.4. The highest BCUT2D eigenvalue weighted by atomic mass is 16.1. The number of benzene rings is 3. The van der Waals surface area contributed by atoms with E-state index in [1.165, 1.54) is 17.5 Å². The van der Waals surface area contributed by atoms with Crippen molar-refractivity contribution in [1.82, 2.24) is 0 Å². The van der Waals surface area contributed by atoms with Crippen molar-refractivity contribution in [1.29, 1.82) is 0 Å². The molecule has 2 heteroatoms. The lowest BCUT2D eigenvalue weighted by molar-refractivity contribution is -0.130. The van der Waals surface area contributed by atoms with Crippen LogP contribution in [0.25, 0.3) is 21.5 Å². The van der Waals surface area contributed by atoms with Crippen molar-refractivity contribution in [3.63, 3.8) is 0 Å². The van der Waals surface area contributed by atoms with Gasteiger partial charge in [0, 0.05) is 6.42 Å². The van der Waals surface area contributed by atoms with E-state index < -0.39 is 5.41 Å². The fourth-order valence-corrected chi connectivity index (χ4v) is 4.32. The summed E-state index contributed by atoms with van der Waals surface area (Å²) in [6.45, 7) is 6.16. The van der Waals surface area contributed by atoms with Gasteiger partial charge in [0.15, 0.2) is 11.6 Å². The van der Waals surface area contributed by atoms with Gasteiger partial charge in [-0.25, -0.2) is 0 Å². The summed E-state index contributed by atoms with van der Waals surface area (Å²) in [6.07, 6.45) is 3.11. The van der Waals surface area contributed by atoms with Crippen LogP contribution in [0, 0.1) is 5.41 Å². The van der Waals surface area contributed by atoms with Gasteiger partial charge in [0.1, 0.15) is 0 Å². The van der Waals surface area contributed by atoms with Crippen molar-refractivity contribution in [2.24, 2.45) is 5.41 Å². The van der Waals surface area contributed by atoms with E-state index in [0.29, 0.717) is 0 Å². The summed E-state index contributed by atoms with van der Waals surface area (Å²) in [6, 6.07) is 18.6. The second-order valence-corrected chi connectivity index (χ2v) is 8.22. The number of hydrogen-bond acceptors (Lipinski definition) is 2. The molecular formula is C24H22O2. The first-order valence-electron chi connectivity index (χ1n) is 9.00. The van der Waals surface area contributed by atoms with Crippen molar-refractivity contribution in [3.8, 4) is 0 Å². The van der Waals surface area contributed by atoms with Crippen molar-refractivity contribution < 1.29 is 9.59 Å². The van der Waals surface area contributed by atoms with E-state index in [1.807, 2.05) is 24.3 Å². The van der Waals surface area contributed by atoms with Crippen LogP contribution in [0.1, 0.15) is 32.8 Å². The third-order valence-corrected chi connectivity index (χ3v) is 5.77. The van der Waals surface area contributed by atoms with Gasteiger partial charge in [0.2, 0.25) is 0 Å². The highest BCUT2D eigenvalue weighted by Crippen LogP contribution is 2.49. The zero-order chi connectivity index (χ0) is 18.5. The first-order chi connectivity index (χ1) is 12.3. The van der Waals surface area contributed by atoms with Gasteiger partial charge < -0.3 is 0 Å². The first-order valence-corrected chi connectivity index (χ1v) is 9.00. The highest BCUT2D eigenvalue weighted by molar-refractivity contribution is 6.13. The number of hydrogen-bond donors (Lipinski definition) is 0. The molecule has 1 atom stereocenters. The monoisotopic (exact) mass is 342 g/mol. The van der Waals surface area contributed by atoms with Crippen LogP contribution >= 0.6 is 0 Å². The van der Waals surface area contributed by atoms with Crippen LogP contribution in [0.5, 0.6) is 0 Å². The SMILES string of the molecule is CC(C)(C)C1(c2cccc3cc4ccccc4cc23)CC(=O)C=CC1=O. The molecule has 0 fully saturated rings. The maximum atomic E-state index is 13.2. The molecule has 0 bridgehead atoms. The standard InChI is InChI=1S/C24H22O2/c1-23(2,3)24(15-19(25)11-12-22(24)26)21-10-6-9-18-13-16-7-4-5-8-17(16)14-20(18)21/h4-14H,15H2,1-3H3. The molecule has 0 aromatic heterocycles. The Balaban J connectivity index is 2.11. The third-order valence-electron chi connectivity index (χ3n) is 5.77. The van der Waals surface area contributed by atoms with Gasteiger partial charge in [0.05, 0.1) is 5.41 Å². The van der Waals surface area contributed by atoms with Crippen molar-refractivity contribution >= 4 is 33.1 Å². The molecule has 26 heavy (non-hydrogen) atoms. The first kappa shape index (κ1) is 16.7. The Morgan fingerprint density at radius 2 is 1.46 bits per heavy atom. The van der Waals surface area contributed by atoms with Crippen molar-refractivity contribution in [2.45, 2.75) is 32.6 Å². The molecule has 0 saturated carbocycles. The van der Waals surface area contributed by atoms with Crippen LogP contribution < -0.4 is 0 Å². The van der Waals surface area contributed by atoms with Crippen LogP contribution in [0.4, 0.5) is 0 Å². The van der Waals surface area contributed by atoms with E-state index in [0.717, 1.165) is 21.7 Å². The lowest BCUT2D eigenvalue weighted by atomic mass is 9.56. The van der Waals surface area contributed by atoms with E-state index in [9.17, 15) is 9.59 Å². The molecule has 130 valence electrons. The Kier molecular flexibility index (Phi) is 3.62. The van der Waals surface area contributed by atoms with Gasteiger partial charge in [-0.15, -0.1) is 0 Å². The van der Waals surface area contributed by atoms with Crippen LogP contribution in [0.2, 0.25) is 0 Å². The maximum absolute atomic E-state index is 13.2. The molecule has 1 aliphatic rings. The zero-order valence-electron chi connectivity index (χ0n) is 15.4. The van der Waals surface area contributed by atoms with Crippen molar-refractivity contribution in [3.05, 3.63) is 72.3 Å². The molecule has 3 aromatic rings. The summed E-state index contributed by atoms with van der Waals surface area (Å²) in [5.41, 5.74) is -0.276. The van der Waals surface area contributed by atoms with E-state index in [2.05, 4.69) is 51.1 Å². The van der Waals surface area contributed by atoms with Gasteiger partial charge >= 0.3 is 0 Å². The number of carbonyl (C=O) groups excluding carboxylic acids is 2. The topological polar surface area (TPSA) is 34.1 Å². The molecule has 0 spiro atoms. The second kappa shape index (κ2) is 5.63. The average Bonchev–Trinajstić information content (AvgIpc) is 2.60. The fourth-order valence-electron chi connectivity index (χ4n) is 4.32. The van der Waals surface area contributed by atoms with Gasteiger partial charge in [-0.3, -0.25) is 9.59 Å². The Labute approximate surface area is 153 Å². The minimum Gasteiger partial charge on any atom is -0.295 e. The number of ketones is 2. The summed E-state index contributed by atoms with van der Waals surface area (Å²) in [5.74, 6) is 0.0302. The van der Waals surface area contributed by atoms with Crippen LogP contribution in [-0.4, -0.2) is 11.6 Å². The van der Waals surface area contributed by atoms with Crippen LogP contribution in [0.3, 0.4) is 0 Å². The van der Waals surface area contributed by atoms with E-state index >= 15 is 0 Å². The molecule has 0 amide bonds. The maximum Gasteiger partial charge on any atom is 0.167 e. The quantitative estimate of drug-likeness (QED) is 0.557. The van der Waals surface area contributed by atoms with Crippen molar-refractivity contribution in [2.75, 3.05) is 0 Å². The molecular weight excluding hydrogens is 320 g/mol. The van der Waals surface area contributed by atoms with Gasteiger partial charge in [-0.2, -0.15) is 0 Å². The predicted molar refractivity (Wildman–Crippen MR) is 106 cm³/mol. The Hall–Kier alpha value is -2.74. The fraction of sp³-hybridized carbons (Fsp3) is 0.250. The van der Waals surface area contributed by atoms with Gasteiger partial charge in [0.25, 0.3) is 0 Å². The molecule has 0 N–H and O–H groups in total. The number of carbonyl (C=O) groups is 2. The van der Waals surface area contributed by atoms with Gasteiger partial charge in [-0.1, -0.05) is 63.2 Å². The lowest BCUT2D eigenvalue weighted by Crippen LogP contribution is -2.49. The lowest BCUT2D eigenvalue weighted by Gasteiger charge is -2.44. The van der Waals surface area contributed by atoms with Crippen LogP contribution in [-0.2, 0) is 15.0 Å². The second-order valence-electron chi connectivity index (χ2n) is 8.22. The summed E-state index contributed by atoms with van der Waals surface area (Å²) < 4.78 is 0. The number of allylic oxidation sites excluding steroid dienone is 2. The minimum atomic E-state index is -0.846. The molecule has 0 aliphatic heterocycles. The average molecular weight is 342 g/mol. The molecule has 4 rings (SSSR count). The summed E-state index contributed by atoms with van der Waals surface area (Å²) in [5, 5.41) is 4.46. The minimum absolute atomic E-state index is 0.0114. The Morgan fingerprint density at radius 3 is 2.15 bits per heavy atom. The predicted octanol–water partition coefficient (Wildman–Crippen LogP) is 5.38. The largest absolute Gasteiger partial charge is 0.295 e.